The summed E-state index contributed by atoms with van der Waals surface area (Å²) in [6, 6.07) is 9.75. The monoisotopic (exact) mass is 285 g/mol. The minimum Gasteiger partial charge on any atom is -0.485 e. The summed E-state index contributed by atoms with van der Waals surface area (Å²) in [5, 5.41) is 3.45. The molecule has 0 aliphatic carbocycles. The fraction of sp³-hybridized carbons (Fsp3) is 0.412. The molecule has 1 N–H and O–H groups in total. The molecule has 2 aromatic rings. The Morgan fingerprint density at radius 1 is 1.14 bits per heavy atom. The van der Waals surface area contributed by atoms with Gasteiger partial charge in [-0.3, -0.25) is 9.97 Å². The van der Waals surface area contributed by atoms with Gasteiger partial charge >= 0.3 is 0 Å². The van der Waals surface area contributed by atoms with Gasteiger partial charge in [0.05, 0.1) is 11.4 Å². The lowest BCUT2D eigenvalue weighted by Crippen LogP contribution is -2.35. The van der Waals surface area contributed by atoms with Crippen molar-refractivity contribution in [1.82, 2.24) is 15.3 Å². The van der Waals surface area contributed by atoms with E-state index in [0.29, 0.717) is 13.2 Å². The minimum absolute atomic E-state index is 0.0453. The van der Waals surface area contributed by atoms with Gasteiger partial charge in [-0.2, -0.15) is 0 Å². The van der Waals surface area contributed by atoms with Gasteiger partial charge in [0.1, 0.15) is 12.4 Å². The van der Waals surface area contributed by atoms with Crippen LogP contribution in [0.25, 0.3) is 0 Å². The first-order valence-electron chi connectivity index (χ1n) is 7.18. The van der Waals surface area contributed by atoms with Crippen LogP contribution in [0.3, 0.4) is 0 Å². The van der Waals surface area contributed by atoms with Crippen LogP contribution in [0.15, 0.2) is 36.5 Å². The zero-order valence-electron chi connectivity index (χ0n) is 13.2. The van der Waals surface area contributed by atoms with Crippen molar-refractivity contribution in [2.24, 2.45) is 0 Å². The molecular weight excluding hydrogens is 262 g/mol. The highest BCUT2D eigenvalue weighted by Gasteiger charge is 2.12. The quantitative estimate of drug-likeness (QED) is 0.916. The molecule has 4 heteroatoms. The summed E-state index contributed by atoms with van der Waals surface area (Å²) in [5.74, 6) is 0.808. The predicted molar refractivity (Wildman–Crippen MR) is 84.1 cm³/mol. The number of nitrogens with one attached hydrogen (secondary N) is 1. The molecule has 0 atom stereocenters. The fourth-order valence-electron chi connectivity index (χ4n) is 1.84. The molecular formula is C17H23N3O. The highest BCUT2D eigenvalue weighted by atomic mass is 16.5. The average Bonchev–Trinajstić information content (AvgIpc) is 2.44. The molecule has 21 heavy (non-hydrogen) atoms. The second kappa shape index (κ2) is 6.68. The molecule has 0 aromatic carbocycles. The van der Waals surface area contributed by atoms with E-state index in [4.69, 9.17) is 4.74 Å². The van der Waals surface area contributed by atoms with Crippen molar-refractivity contribution in [3.05, 3.63) is 53.6 Å². The van der Waals surface area contributed by atoms with E-state index in [2.05, 4.69) is 36.1 Å². The van der Waals surface area contributed by atoms with Crippen LogP contribution in [0.4, 0.5) is 0 Å². The number of rotatable bonds is 5. The van der Waals surface area contributed by atoms with Gasteiger partial charge in [-0.15, -0.1) is 0 Å². The van der Waals surface area contributed by atoms with Crippen molar-refractivity contribution >= 4 is 0 Å². The normalized spacial score (nSPS) is 11.4. The first kappa shape index (κ1) is 15.4. The lowest BCUT2D eigenvalue weighted by molar-refractivity contribution is 0.293. The standard InChI is InChI=1S/C17H23N3O/c1-13-8-9-16(15(20-13)11-19-17(2,3)4)21-12-14-7-5-6-10-18-14/h5-10,19H,11-12H2,1-4H3. The number of hydrogen-bond acceptors (Lipinski definition) is 4. The van der Waals surface area contributed by atoms with Crippen LogP contribution in [0.5, 0.6) is 5.75 Å². The maximum absolute atomic E-state index is 5.88. The molecule has 0 saturated heterocycles. The van der Waals surface area contributed by atoms with Crippen molar-refractivity contribution in [1.29, 1.82) is 0 Å². The van der Waals surface area contributed by atoms with Crippen molar-refractivity contribution < 1.29 is 4.74 Å². The predicted octanol–water partition coefficient (Wildman–Crippen LogP) is 3.25. The van der Waals surface area contributed by atoms with Crippen molar-refractivity contribution in [3.63, 3.8) is 0 Å². The highest BCUT2D eigenvalue weighted by molar-refractivity contribution is 5.29. The summed E-state index contributed by atoms with van der Waals surface area (Å²) in [7, 11) is 0. The summed E-state index contributed by atoms with van der Waals surface area (Å²) < 4.78 is 5.88. The van der Waals surface area contributed by atoms with Gasteiger partial charge in [-0.05, 0) is 52.0 Å². The Morgan fingerprint density at radius 2 is 1.95 bits per heavy atom. The molecule has 0 bridgehead atoms. The summed E-state index contributed by atoms with van der Waals surface area (Å²) in [4.78, 5) is 8.85. The lowest BCUT2D eigenvalue weighted by atomic mass is 10.1. The molecule has 112 valence electrons. The van der Waals surface area contributed by atoms with Gasteiger partial charge in [0.2, 0.25) is 0 Å². The van der Waals surface area contributed by atoms with Crippen molar-refractivity contribution in [2.45, 2.75) is 46.4 Å². The Morgan fingerprint density at radius 3 is 2.62 bits per heavy atom. The van der Waals surface area contributed by atoms with Gasteiger partial charge < -0.3 is 10.1 Å². The van der Waals surface area contributed by atoms with Crippen molar-refractivity contribution in [2.75, 3.05) is 0 Å². The Hall–Kier alpha value is -1.94. The van der Waals surface area contributed by atoms with E-state index < -0.39 is 0 Å². The Bertz CT molecular complexity index is 576. The van der Waals surface area contributed by atoms with Gasteiger partial charge in [0.25, 0.3) is 0 Å². The third-order valence-electron chi connectivity index (χ3n) is 2.96. The maximum Gasteiger partial charge on any atom is 0.142 e. The third kappa shape index (κ3) is 5.16. The molecule has 0 unspecified atom stereocenters. The lowest BCUT2D eigenvalue weighted by Gasteiger charge is -2.21. The Labute approximate surface area is 126 Å². The maximum atomic E-state index is 5.88. The second-order valence-corrected chi connectivity index (χ2v) is 6.11. The summed E-state index contributed by atoms with van der Waals surface area (Å²) in [5.41, 5.74) is 2.88. The largest absolute Gasteiger partial charge is 0.485 e. The van der Waals surface area contributed by atoms with Crippen LogP contribution in [0.2, 0.25) is 0 Å². The molecule has 2 rings (SSSR count). The number of ether oxygens (including phenoxy) is 1. The molecule has 4 nitrogen and oxygen atoms in total. The zero-order chi connectivity index (χ0) is 15.3. The summed E-state index contributed by atoms with van der Waals surface area (Å²) in [6.07, 6.45) is 1.77. The smallest absolute Gasteiger partial charge is 0.142 e. The van der Waals surface area contributed by atoms with Crippen LogP contribution in [0, 0.1) is 6.92 Å². The molecule has 0 aliphatic rings. The van der Waals surface area contributed by atoms with E-state index in [1.54, 1.807) is 6.20 Å². The van der Waals surface area contributed by atoms with Gasteiger partial charge in [0, 0.05) is 24.0 Å². The molecule has 0 amide bonds. The van der Waals surface area contributed by atoms with E-state index in [-0.39, 0.29) is 5.54 Å². The van der Waals surface area contributed by atoms with Crippen LogP contribution >= 0.6 is 0 Å². The van der Waals surface area contributed by atoms with E-state index >= 15 is 0 Å². The van der Waals surface area contributed by atoms with Gasteiger partial charge in [0.15, 0.2) is 0 Å². The molecule has 2 heterocycles. The molecule has 0 saturated carbocycles. The van der Waals surface area contributed by atoms with E-state index in [1.807, 2.05) is 37.3 Å². The van der Waals surface area contributed by atoms with Crippen LogP contribution in [-0.2, 0) is 13.2 Å². The van der Waals surface area contributed by atoms with Crippen LogP contribution in [0.1, 0.15) is 37.9 Å². The number of aryl methyl sites for hydroxylation is 1. The number of hydrogen-bond donors (Lipinski definition) is 1. The molecule has 2 aromatic heterocycles. The molecule has 0 radical (unpaired) electrons. The summed E-state index contributed by atoms with van der Waals surface area (Å²) >= 11 is 0. The average molecular weight is 285 g/mol. The van der Waals surface area contributed by atoms with Gasteiger partial charge in [-0.1, -0.05) is 6.07 Å². The first-order chi connectivity index (χ1) is 9.94. The second-order valence-electron chi connectivity index (χ2n) is 6.11. The first-order valence-corrected chi connectivity index (χ1v) is 7.18. The van der Waals surface area contributed by atoms with E-state index in [9.17, 15) is 0 Å². The fourth-order valence-corrected chi connectivity index (χ4v) is 1.84. The Kier molecular flexibility index (Phi) is 4.91. The van der Waals surface area contributed by atoms with E-state index in [0.717, 1.165) is 22.8 Å². The molecule has 0 spiro atoms. The van der Waals surface area contributed by atoms with E-state index in [1.165, 1.54) is 0 Å². The SMILES string of the molecule is Cc1ccc(OCc2ccccn2)c(CNC(C)(C)C)n1. The zero-order valence-corrected chi connectivity index (χ0v) is 13.2. The topological polar surface area (TPSA) is 47.0 Å². The third-order valence-corrected chi connectivity index (χ3v) is 2.96. The Balaban J connectivity index is 2.07. The van der Waals surface area contributed by atoms with Crippen LogP contribution < -0.4 is 10.1 Å². The molecule has 0 fully saturated rings. The van der Waals surface area contributed by atoms with Crippen molar-refractivity contribution in [3.8, 4) is 5.75 Å². The summed E-state index contributed by atoms with van der Waals surface area (Å²) in [6.45, 7) is 9.53. The van der Waals surface area contributed by atoms with Gasteiger partial charge in [-0.25, -0.2) is 0 Å². The highest BCUT2D eigenvalue weighted by Crippen LogP contribution is 2.19. The number of pyridine rings is 2. The minimum atomic E-state index is 0.0453. The number of aromatic nitrogens is 2. The molecule has 0 aliphatic heterocycles. The number of nitrogens with zero attached hydrogens (tertiary/aromatic N) is 2. The van der Waals surface area contributed by atoms with Crippen LogP contribution in [-0.4, -0.2) is 15.5 Å².